The number of carbonyl (C=O) groups excluding carboxylic acids is 1. The first-order valence-electron chi connectivity index (χ1n) is 9.53. The van der Waals surface area contributed by atoms with Crippen molar-refractivity contribution < 1.29 is 13.2 Å². The smallest absolute Gasteiger partial charge is 0.252 e. The van der Waals surface area contributed by atoms with Crippen LogP contribution in [0.15, 0.2) is 89.8 Å². The van der Waals surface area contributed by atoms with E-state index in [0.717, 1.165) is 11.1 Å². The molecule has 0 aliphatic carbocycles. The highest BCUT2D eigenvalue weighted by molar-refractivity contribution is 7.89. The molecule has 1 amide bonds. The van der Waals surface area contributed by atoms with E-state index in [1.807, 2.05) is 60.7 Å². The monoisotopic (exact) mass is 442 g/mol. The van der Waals surface area contributed by atoms with Crippen LogP contribution in [0.3, 0.4) is 0 Å². The number of sulfonamides is 1. The largest absolute Gasteiger partial charge is 0.348 e. The van der Waals surface area contributed by atoms with Crippen molar-refractivity contribution >= 4 is 27.5 Å². The maximum atomic E-state index is 12.9. The van der Waals surface area contributed by atoms with Gasteiger partial charge < -0.3 is 5.32 Å². The van der Waals surface area contributed by atoms with Gasteiger partial charge in [-0.3, -0.25) is 4.79 Å². The minimum atomic E-state index is -3.88. The van der Waals surface area contributed by atoms with Gasteiger partial charge in [0, 0.05) is 18.5 Å². The summed E-state index contributed by atoms with van der Waals surface area (Å²) in [5.74, 6) is -0.265. The Hall–Kier alpha value is -2.67. The predicted octanol–water partition coefficient (Wildman–Crippen LogP) is 3.75. The molecule has 0 heterocycles. The molecule has 0 aromatic heterocycles. The van der Waals surface area contributed by atoms with Crippen LogP contribution >= 0.6 is 11.6 Å². The lowest BCUT2D eigenvalue weighted by Gasteiger charge is -2.18. The van der Waals surface area contributed by atoms with Crippen LogP contribution in [0, 0.1) is 0 Å². The van der Waals surface area contributed by atoms with E-state index in [1.54, 1.807) is 12.1 Å². The standard InChI is InChI=1S/C23H23ClN2O3S/c24-16-20(15-18-9-3-1-4-10-18)26-23(27)21-13-7-8-14-22(21)30(28,29)25-17-19-11-5-2-6-12-19/h1-14,20,25H,15-17H2,(H,26,27)/t20-/m0/s1. The minimum absolute atomic E-state index is 0.0635. The average molecular weight is 443 g/mol. The normalized spacial score (nSPS) is 12.3. The molecule has 0 aliphatic heterocycles. The third-order valence-corrected chi connectivity index (χ3v) is 6.41. The molecule has 0 saturated carbocycles. The van der Waals surface area contributed by atoms with E-state index >= 15 is 0 Å². The minimum Gasteiger partial charge on any atom is -0.348 e. The van der Waals surface area contributed by atoms with Gasteiger partial charge in [0.15, 0.2) is 0 Å². The number of rotatable bonds is 9. The number of carbonyl (C=O) groups is 1. The zero-order valence-corrected chi connectivity index (χ0v) is 17.9. The van der Waals surface area contributed by atoms with Gasteiger partial charge >= 0.3 is 0 Å². The van der Waals surface area contributed by atoms with Gasteiger partial charge in [-0.25, -0.2) is 13.1 Å². The summed E-state index contributed by atoms with van der Waals surface area (Å²) in [6.07, 6.45) is 0.553. The number of nitrogens with one attached hydrogen (secondary N) is 2. The zero-order chi connectivity index (χ0) is 21.4. The fraction of sp³-hybridized carbons (Fsp3) is 0.174. The average Bonchev–Trinajstić information content (AvgIpc) is 2.78. The molecule has 30 heavy (non-hydrogen) atoms. The van der Waals surface area contributed by atoms with Gasteiger partial charge in [-0.2, -0.15) is 0 Å². The fourth-order valence-corrected chi connectivity index (χ4v) is 4.45. The molecule has 0 saturated heterocycles. The molecule has 3 aromatic carbocycles. The number of hydrogen-bond donors (Lipinski definition) is 2. The Labute approximate surface area is 182 Å². The Morgan fingerprint density at radius 2 is 1.40 bits per heavy atom. The van der Waals surface area contributed by atoms with E-state index in [0.29, 0.717) is 6.42 Å². The second-order valence-electron chi connectivity index (χ2n) is 6.82. The second-order valence-corrected chi connectivity index (χ2v) is 8.86. The summed E-state index contributed by atoms with van der Waals surface area (Å²) in [7, 11) is -3.88. The van der Waals surface area contributed by atoms with E-state index in [2.05, 4.69) is 10.0 Å². The van der Waals surface area contributed by atoms with E-state index in [9.17, 15) is 13.2 Å². The quantitative estimate of drug-likeness (QED) is 0.495. The summed E-state index contributed by atoms with van der Waals surface area (Å²) in [4.78, 5) is 12.8. The van der Waals surface area contributed by atoms with Gasteiger partial charge in [0.1, 0.15) is 0 Å². The van der Waals surface area contributed by atoms with Crippen molar-refractivity contribution in [2.24, 2.45) is 0 Å². The molecule has 0 fully saturated rings. The highest BCUT2D eigenvalue weighted by Crippen LogP contribution is 2.17. The Kier molecular flexibility index (Phi) is 7.63. The highest BCUT2D eigenvalue weighted by Gasteiger charge is 2.23. The topological polar surface area (TPSA) is 75.3 Å². The third-order valence-electron chi connectivity index (χ3n) is 4.58. The first-order chi connectivity index (χ1) is 14.5. The molecule has 0 bridgehead atoms. The van der Waals surface area contributed by atoms with Gasteiger partial charge in [-0.05, 0) is 29.7 Å². The van der Waals surface area contributed by atoms with Crippen LogP contribution in [0.5, 0.6) is 0 Å². The number of hydrogen-bond acceptors (Lipinski definition) is 3. The summed E-state index contributed by atoms with van der Waals surface area (Å²) in [5.41, 5.74) is 1.95. The maximum absolute atomic E-state index is 12.9. The lowest BCUT2D eigenvalue weighted by atomic mass is 10.1. The molecule has 3 aromatic rings. The Balaban J connectivity index is 1.75. The number of alkyl halides is 1. The summed E-state index contributed by atoms with van der Waals surface area (Å²) >= 11 is 6.05. The first-order valence-corrected chi connectivity index (χ1v) is 11.5. The molecule has 1 atom stereocenters. The van der Waals surface area contributed by atoms with Crippen LogP contribution in [0.2, 0.25) is 0 Å². The SMILES string of the molecule is O=C(N[C@H](CCl)Cc1ccccc1)c1ccccc1S(=O)(=O)NCc1ccccc1. The molecular weight excluding hydrogens is 420 g/mol. The number of benzene rings is 3. The molecule has 0 unspecified atom stereocenters. The van der Waals surface area contributed by atoms with Crippen molar-refractivity contribution in [2.75, 3.05) is 5.88 Å². The summed E-state index contributed by atoms with van der Waals surface area (Å²) in [5, 5.41) is 2.85. The van der Waals surface area contributed by atoms with Crippen LogP contribution in [-0.2, 0) is 23.0 Å². The van der Waals surface area contributed by atoms with Crippen molar-refractivity contribution in [3.63, 3.8) is 0 Å². The van der Waals surface area contributed by atoms with Gasteiger partial charge in [0.25, 0.3) is 5.91 Å². The van der Waals surface area contributed by atoms with E-state index in [-0.39, 0.29) is 28.9 Å². The van der Waals surface area contributed by atoms with Crippen molar-refractivity contribution in [1.29, 1.82) is 0 Å². The lowest BCUT2D eigenvalue weighted by Crippen LogP contribution is -2.38. The maximum Gasteiger partial charge on any atom is 0.252 e. The van der Waals surface area contributed by atoms with Gasteiger partial charge in [0.2, 0.25) is 10.0 Å². The Morgan fingerprint density at radius 3 is 2.03 bits per heavy atom. The van der Waals surface area contributed by atoms with E-state index in [1.165, 1.54) is 12.1 Å². The fourth-order valence-electron chi connectivity index (χ4n) is 3.05. The summed E-state index contributed by atoms with van der Waals surface area (Å²) in [6.45, 7) is 0.136. The van der Waals surface area contributed by atoms with Crippen LogP contribution < -0.4 is 10.0 Å². The lowest BCUT2D eigenvalue weighted by molar-refractivity contribution is 0.0937. The van der Waals surface area contributed by atoms with Gasteiger partial charge in [0.05, 0.1) is 10.5 Å². The first kappa shape index (κ1) is 22.0. The molecule has 3 rings (SSSR count). The highest BCUT2D eigenvalue weighted by atomic mass is 35.5. The number of amides is 1. The van der Waals surface area contributed by atoms with E-state index < -0.39 is 15.9 Å². The molecular formula is C23H23ClN2O3S. The van der Waals surface area contributed by atoms with Crippen LogP contribution in [-0.4, -0.2) is 26.2 Å². The molecule has 7 heteroatoms. The Bertz CT molecular complexity index is 1070. The van der Waals surface area contributed by atoms with Crippen LogP contribution in [0.25, 0.3) is 0 Å². The molecule has 2 N–H and O–H groups in total. The van der Waals surface area contributed by atoms with Gasteiger partial charge in [-0.1, -0.05) is 72.8 Å². The van der Waals surface area contributed by atoms with Crippen molar-refractivity contribution in [2.45, 2.75) is 23.9 Å². The second kappa shape index (κ2) is 10.4. The predicted molar refractivity (Wildman–Crippen MR) is 119 cm³/mol. The zero-order valence-electron chi connectivity index (χ0n) is 16.3. The van der Waals surface area contributed by atoms with E-state index in [4.69, 9.17) is 11.6 Å². The van der Waals surface area contributed by atoms with Crippen LogP contribution in [0.4, 0.5) is 0 Å². The molecule has 0 spiro atoms. The third kappa shape index (κ3) is 5.92. The Morgan fingerprint density at radius 1 is 0.833 bits per heavy atom. The molecule has 156 valence electrons. The molecule has 0 radical (unpaired) electrons. The van der Waals surface area contributed by atoms with Crippen molar-refractivity contribution in [3.8, 4) is 0 Å². The van der Waals surface area contributed by atoms with Gasteiger partial charge in [-0.15, -0.1) is 11.6 Å². The number of halogens is 1. The van der Waals surface area contributed by atoms with Crippen molar-refractivity contribution in [3.05, 3.63) is 102 Å². The summed E-state index contributed by atoms with van der Waals surface area (Å²) < 4.78 is 28.3. The summed E-state index contributed by atoms with van der Waals surface area (Å²) in [6, 6.07) is 24.7. The van der Waals surface area contributed by atoms with Crippen LogP contribution in [0.1, 0.15) is 21.5 Å². The molecule has 5 nitrogen and oxygen atoms in total. The molecule has 0 aliphatic rings. The van der Waals surface area contributed by atoms with Crippen molar-refractivity contribution in [1.82, 2.24) is 10.0 Å².